The van der Waals surface area contributed by atoms with Crippen molar-refractivity contribution < 1.29 is 9.59 Å². The Hall–Kier alpha value is -2.44. The van der Waals surface area contributed by atoms with Crippen LogP contribution in [-0.2, 0) is 16.1 Å². The van der Waals surface area contributed by atoms with Crippen LogP contribution in [-0.4, -0.2) is 28.2 Å². The molecular formula is C19H18ClN3O2S. The predicted octanol–water partition coefficient (Wildman–Crippen LogP) is 4.33. The Morgan fingerprint density at radius 2 is 1.96 bits per heavy atom. The molecule has 0 aliphatic heterocycles. The summed E-state index contributed by atoms with van der Waals surface area (Å²) < 4.78 is 0.919. The van der Waals surface area contributed by atoms with E-state index in [-0.39, 0.29) is 18.2 Å². The van der Waals surface area contributed by atoms with Crippen molar-refractivity contribution in [2.45, 2.75) is 19.9 Å². The van der Waals surface area contributed by atoms with Crippen LogP contribution in [0.3, 0.4) is 0 Å². The Labute approximate surface area is 160 Å². The number of aromatic nitrogens is 1. The van der Waals surface area contributed by atoms with E-state index in [9.17, 15) is 9.59 Å². The molecule has 0 aliphatic carbocycles. The number of rotatable bonds is 6. The molecule has 1 heterocycles. The van der Waals surface area contributed by atoms with Gasteiger partial charge in [0.15, 0.2) is 5.13 Å². The maximum atomic E-state index is 12.2. The molecule has 26 heavy (non-hydrogen) atoms. The van der Waals surface area contributed by atoms with Crippen molar-refractivity contribution in [3.63, 3.8) is 0 Å². The molecule has 0 saturated heterocycles. The van der Waals surface area contributed by atoms with Crippen molar-refractivity contribution in [2.75, 3.05) is 11.9 Å². The second kappa shape index (κ2) is 8.29. The van der Waals surface area contributed by atoms with Gasteiger partial charge in [-0.15, -0.1) is 0 Å². The van der Waals surface area contributed by atoms with E-state index in [4.69, 9.17) is 11.6 Å². The van der Waals surface area contributed by atoms with E-state index in [0.717, 1.165) is 15.8 Å². The Bertz CT molecular complexity index is 927. The molecule has 3 rings (SSSR count). The minimum atomic E-state index is -0.172. The number of halogens is 1. The van der Waals surface area contributed by atoms with Gasteiger partial charge in [0.25, 0.3) is 0 Å². The van der Waals surface area contributed by atoms with Crippen molar-refractivity contribution >= 4 is 50.1 Å². The number of benzene rings is 2. The second-order valence-electron chi connectivity index (χ2n) is 5.86. The lowest BCUT2D eigenvalue weighted by molar-refractivity contribution is -0.129. The lowest BCUT2D eigenvalue weighted by atomic mass is 10.2. The molecular weight excluding hydrogens is 370 g/mol. The van der Waals surface area contributed by atoms with Gasteiger partial charge >= 0.3 is 0 Å². The first-order valence-corrected chi connectivity index (χ1v) is 9.36. The Balaban J connectivity index is 1.58. The summed E-state index contributed by atoms with van der Waals surface area (Å²) in [7, 11) is 0. The van der Waals surface area contributed by atoms with E-state index in [1.54, 1.807) is 11.0 Å². The summed E-state index contributed by atoms with van der Waals surface area (Å²) in [6.07, 6.45) is 0.211. The predicted molar refractivity (Wildman–Crippen MR) is 105 cm³/mol. The highest BCUT2D eigenvalue weighted by atomic mass is 35.5. The van der Waals surface area contributed by atoms with E-state index in [0.29, 0.717) is 23.2 Å². The summed E-state index contributed by atoms with van der Waals surface area (Å²) >= 11 is 7.34. The molecule has 0 spiro atoms. The molecule has 0 aliphatic rings. The molecule has 0 fully saturated rings. The molecule has 7 heteroatoms. The minimum Gasteiger partial charge on any atom is -0.338 e. The fourth-order valence-corrected chi connectivity index (χ4v) is 3.68. The summed E-state index contributed by atoms with van der Waals surface area (Å²) in [4.78, 5) is 30.1. The Morgan fingerprint density at radius 3 is 2.69 bits per heavy atom. The van der Waals surface area contributed by atoms with Crippen molar-refractivity contribution in [3.8, 4) is 0 Å². The number of hydrogen-bond donors (Lipinski definition) is 1. The molecule has 2 amide bonds. The lowest BCUT2D eigenvalue weighted by Crippen LogP contribution is -2.31. The number of anilines is 1. The smallest absolute Gasteiger partial charge is 0.227 e. The topological polar surface area (TPSA) is 62.3 Å². The van der Waals surface area contributed by atoms with Crippen molar-refractivity contribution in [3.05, 3.63) is 59.1 Å². The number of amides is 2. The van der Waals surface area contributed by atoms with E-state index >= 15 is 0 Å². The molecule has 2 aromatic carbocycles. The largest absolute Gasteiger partial charge is 0.338 e. The van der Waals surface area contributed by atoms with E-state index < -0.39 is 0 Å². The highest BCUT2D eigenvalue weighted by Gasteiger charge is 2.13. The zero-order valence-electron chi connectivity index (χ0n) is 14.2. The normalized spacial score (nSPS) is 10.7. The van der Waals surface area contributed by atoms with Crippen LogP contribution in [0.25, 0.3) is 10.2 Å². The van der Waals surface area contributed by atoms with Crippen LogP contribution in [0.5, 0.6) is 0 Å². The third-order valence-corrected chi connectivity index (χ3v) is 5.04. The maximum absolute atomic E-state index is 12.2. The van der Waals surface area contributed by atoms with Gasteiger partial charge in [0, 0.05) is 31.5 Å². The molecule has 0 bridgehead atoms. The van der Waals surface area contributed by atoms with Crippen molar-refractivity contribution in [2.24, 2.45) is 0 Å². The molecule has 0 radical (unpaired) electrons. The number of carbonyl (C=O) groups excluding carboxylic acids is 2. The number of fused-ring (bicyclic) bond motifs is 1. The fraction of sp³-hybridized carbons (Fsp3) is 0.211. The number of carbonyl (C=O) groups is 2. The summed E-state index contributed by atoms with van der Waals surface area (Å²) in [6, 6.07) is 15.1. The van der Waals surface area contributed by atoms with Crippen LogP contribution in [0, 0.1) is 0 Å². The number of nitrogens with one attached hydrogen (secondary N) is 1. The standard InChI is InChI=1S/C19H18ClN3O2S/c1-13(24)23(12-14-5-3-2-4-6-14)10-9-18(25)22-19-21-16-8-7-15(20)11-17(16)26-19/h2-8,11H,9-10,12H2,1H3,(H,21,22,25). The van der Waals surface area contributed by atoms with Gasteiger partial charge in [-0.1, -0.05) is 53.3 Å². The van der Waals surface area contributed by atoms with Crippen LogP contribution in [0.15, 0.2) is 48.5 Å². The van der Waals surface area contributed by atoms with Crippen molar-refractivity contribution in [1.29, 1.82) is 0 Å². The van der Waals surface area contributed by atoms with Crippen LogP contribution < -0.4 is 5.32 Å². The van der Waals surface area contributed by atoms with Crippen LogP contribution in [0.4, 0.5) is 5.13 Å². The first kappa shape index (κ1) is 18.4. The van der Waals surface area contributed by atoms with Gasteiger partial charge in [-0.05, 0) is 23.8 Å². The quantitative estimate of drug-likeness (QED) is 0.684. The molecule has 0 atom stereocenters. The zero-order chi connectivity index (χ0) is 18.5. The number of nitrogens with zero attached hydrogens (tertiary/aromatic N) is 2. The van der Waals surface area contributed by atoms with Crippen LogP contribution in [0.1, 0.15) is 18.9 Å². The molecule has 134 valence electrons. The Kier molecular flexibility index (Phi) is 5.85. The van der Waals surface area contributed by atoms with Crippen molar-refractivity contribution in [1.82, 2.24) is 9.88 Å². The monoisotopic (exact) mass is 387 g/mol. The summed E-state index contributed by atoms with van der Waals surface area (Å²) in [5, 5.41) is 3.96. The number of hydrogen-bond acceptors (Lipinski definition) is 4. The highest BCUT2D eigenvalue weighted by Crippen LogP contribution is 2.28. The molecule has 0 unspecified atom stereocenters. The second-order valence-corrected chi connectivity index (χ2v) is 7.32. The van der Waals surface area contributed by atoms with Gasteiger partial charge < -0.3 is 10.2 Å². The van der Waals surface area contributed by atoms with Gasteiger partial charge in [0.05, 0.1) is 10.2 Å². The highest BCUT2D eigenvalue weighted by molar-refractivity contribution is 7.22. The minimum absolute atomic E-state index is 0.0590. The molecule has 1 aromatic heterocycles. The third-order valence-electron chi connectivity index (χ3n) is 3.87. The first-order chi connectivity index (χ1) is 12.5. The van der Waals surface area contributed by atoms with E-state index in [1.165, 1.54) is 18.3 Å². The third kappa shape index (κ3) is 4.80. The summed E-state index contributed by atoms with van der Waals surface area (Å²) in [5.41, 5.74) is 1.83. The molecule has 1 N–H and O–H groups in total. The van der Waals surface area contributed by atoms with Gasteiger partial charge in [-0.3, -0.25) is 9.59 Å². The maximum Gasteiger partial charge on any atom is 0.227 e. The summed E-state index contributed by atoms with van der Waals surface area (Å²) in [5.74, 6) is -0.231. The van der Waals surface area contributed by atoms with Gasteiger partial charge in [-0.25, -0.2) is 4.98 Å². The van der Waals surface area contributed by atoms with Gasteiger partial charge in [0.1, 0.15) is 0 Å². The van der Waals surface area contributed by atoms with Crippen LogP contribution in [0.2, 0.25) is 5.02 Å². The zero-order valence-corrected chi connectivity index (χ0v) is 15.8. The van der Waals surface area contributed by atoms with Gasteiger partial charge in [-0.2, -0.15) is 0 Å². The average molecular weight is 388 g/mol. The van der Waals surface area contributed by atoms with E-state index in [2.05, 4.69) is 10.3 Å². The SMILES string of the molecule is CC(=O)N(CCC(=O)Nc1nc2ccc(Cl)cc2s1)Cc1ccccc1. The molecule has 5 nitrogen and oxygen atoms in total. The lowest BCUT2D eigenvalue weighted by Gasteiger charge is -2.20. The molecule has 0 saturated carbocycles. The Morgan fingerprint density at radius 1 is 1.19 bits per heavy atom. The average Bonchev–Trinajstić information content (AvgIpc) is 3.00. The molecule has 3 aromatic rings. The first-order valence-electron chi connectivity index (χ1n) is 8.16. The van der Waals surface area contributed by atoms with Gasteiger partial charge in [0.2, 0.25) is 11.8 Å². The fourth-order valence-electron chi connectivity index (χ4n) is 2.52. The van der Waals surface area contributed by atoms with Crippen LogP contribution >= 0.6 is 22.9 Å². The summed E-state index contributed by atoms with van der Waals surface area (Å²) in [6.45, 7) is 2.36. The number of thiazole rings is 1. The van der Waals surface area contributed by atoms with E-state index in [1.807, 2.05) is 42.5 Å².